The minimum Gasteiger partial charge on any atom is -0.481 e. The molecule has 340 valence electrons. The number of aliphatic imine (C=N–C) groups is 1. The Morgan fingerprint density at radius 2 is 1.28 bits per heavy atom. The van der Waals surface area contributed by atoms with Gasteiger partial charge >= 0.3 is 30.0 Å². The summed E-state index contributed by atoms with van der Waals surface area (Å²) in [5, 5.41) is 50.2. The smallest absolute Gasteiger partial charge is 0.327 e. The predicted octanol–water partition coefficient (Wildman–Crippen LogP) is -0.0748. The van der Waals surface area contributed by atoms with E-state index in [0.29, 0.717) is 44.1 Å². The van der Waals surface area contributed by atoms with Crippen molar-refractivity contribution < 1.29 is 53.7 Å². The zero-order chi connectivity index (χ0) is 45.7. The molecule has 1 rings (SSSR count). The third-order valence-corrected chi connectivity index (χ3v) is 9.40. The van der Waals surface area contributed by atoms with Crippen LogP contribution in [0.15, 0.2) is 29.3 Å². The van der Waals surface area contributed by atoms with E-state index in [1.807, 2.05) is 0 Å². The van der Waals surface area contributed by atoms with Crippen molar-refractivity contribution in [1.29, 1.82) is 5.41 Å². The van der Waals surface area contributed by atoms with Gasteiger partial charge in [0.2, 0.25) is 11.8 Å². The third kappa shape index (κ3) is 25.2. The SMILES string of the molecule is N=C(N)CCCC[C@H](NC(=O)Cc1ccc(CNC(=O)NCCCC[C@H](NC(=O)NCCCC(=O)O)C(=O)O)cc1)C(=O)C[C@@H](CCCN=C(N)N)C(=O)N[C@@H](CS)C(=O)O. The number of amidine groups is 1. The number of hydrogen-bond acceptors (Lipinski definition) is 11. The molecule has 22 nitrogen and oxygen atoms in total. The fraction of sp³-hybridized carbons (Fsp3) is 0.579. The first-order chi connectivity index (χ1) is 28.9. The van der Waals surface area contributed by atoms with Crippen LogP contribution >= 0.6 is 12.6 Å². The number of benzene rings is 1. The minimum atomic E-state index is -1.29. The summed E-state index contributed by atoms with van der Waals surface area (Å²) < 4.78 is 0. The summed E-state index contributed by atoms with van der Waals surface area (Å²) >= 11 is 3.99. The maximum Gasteiger partial charge on any atom is 0.327 e. The Morgan fingerprint density at radius 3 is 1.89 bits per heavy atom. The molecule has 16 N–H and O–H groups in total. The van der Waals surface area contributed by atoms with E-state index in [2.05, 4.69) is 49.5 Å². The summed E-state index contributed by atoms with van der Waals surface area (Å²) in [7, 11) is 0. The molecule has 61 heavy (non-hydrogen) atoms. The second-order valence-corrected chi connectivity index (χ2v) is 14.5. The topological polar surface area (TPSA) is 384 Å². The van der Waals surface area contributed by atoms with Crippen molar-refractivity contribution in [3.8, 4) is 0 Å². The average Bonchev–Trinajstić information content (AvgIpc) is 3.19. The average molecular weight is 880 g/mol. The van der Waals surface area contributed by atoms with Crippen LogP contribution in [-0.2, 0) is 41.7 Å². The van der Waals surface area contributed by atoms with Gasteiger partial charge in [-0.1, -0.05) is 30.7 Å². The van der Waals surface area contributed by atoms with Crippen molar-refractivity contribution in [2.45, 2.75) is 108 Å². The summed E-state index contributed by atoms with van der Waals surface area (Å²) in [6.07, 6.45) is 2.49. The first-order valence-corrected chi connectivity index (χ1v) is 20.5. The maximum atomic E-state index is 13.7. The Hall–Kier alpha value is -6.13. The van der Waals surface area contributed by atoms with E-state index in [4.69, 9.17) is 27.7 Å². The number of urea groups is 2. The molecule has 0 bridgehead atoms. The van der Waals surface area contributed by atoms with E-state index >= 15 is 0 Å². The molecular formula is C38H61N11O11S. The summed E-state index contributed by atoms with van der Waals surface area (Å²) in [6, 6.07) is 2.21. The van der Waals surface area contributed by atoms with Crippen LogP contribution in [0.1, 0.15) is 88.2 Å². The van der Waals surface area contributed by atoms with Crippen molar-refractivity contribution in [2.75, 3.05) is 25.4 Å². The van der Waals surface area contributed by atoms with E-state index in [9.17, 15) is 48.6 Å². The molecule has 4 atom stereocenters. The molecule has 1 aromatic rings. The van der Waals surface area contributed by atoms with Crippen molar-refractivity contribution >= 4 is 72.0 Å². The summed E-state index contributed by atoms with van der Waals surface area (Å²) in [6.45, 7) is 0.647. The van der Waals surface area contributed by atoms with Gasteiger partial charge in [-0.25, -0.2) is 19.2 Å². The largest absolute Gasteiger partial charge is 0.481 e. The maximum absolute atomic E-state index is 13.7. The van der Waals surface area contributed by atoms with Crippen LogP contribution in [0.2, 0.25) is 0 Å². The number of carbonyl (C=O) groups excluding carboxylic acids is 5. The minimum absolute atomic E-state index is 0.0204. The first-order valence-electron chi connectivity index (χ1n) is 19.8. The number of rotatable bonds is 32. The molecular weight excluding hydrogens is 819 g/mol. The molecule has 0 aromatic heterocycles. The van der Waals surface area contributed by atoms with Crippen molar-refractivity contribution in [3.05, 3.63) is 35.4 Å². The molecule has 0 aliphatic rings. The van der Waals surface area contributed by atoms with Crippen LogP contribution in [0.25, 0.3) is 0 Å². The van der Waals surface area contributed by atoms with Gasteiger partial charge in [0.05, 0.1) is 18.3 Å². The Balaban J connectivity index is 2.74. The highest BCUT2D eigenvalue weighted by Crippen LogP contribution is 2.17. The number of nitrogens with two attached hydrogens (primary N) is 3. The summed E-state index contributed by atoms with van der Waals surface area (Å²) in [4.78, 5) is 102. The molecule has 0 unspecified atom stereocenters. The molecule has 0 aliphatic heterocycles. The van der Waals surface area contributed by atoms with Crippen molar-refractivity contribution in [3.63, 3.8) is 0 Å². The molecule has 0 spiro atoms. The van der Waals surface area contributed by atoms with E-state index in [-0.39, 0.29) is 88.7 Å². The number of carboxylic acids is 3. The number of carboxylic acid groups (broad SMARTS) is 3. The van der Waals surface area contributed by atoms with Crippen molar-refractivity contribution in [1.82, 2.24) is 31.9 Å². The lowest BCUT2D eigenvalue weighted by atomic mass is 9.91. The van der Waals surface area contributed by atoms with E-state index < -0.39 is 71.6 Å². The standard InChI is InChI=1S/C38H61N11O11S/c39-30(40)10-2-1-8-26(29(50)20-25(7-5-17-43-36(41)42)33(54)48-28(22-61)35(57)58)47-31(51)19-23-12-14-24(15-13-23)21-46-37(59)44-16-4-3-9-27(34(55)56)49-38(60)45-18-6-11-32(52)53/h12-15,25-28,61H,1-11,16-22H2,(H3,39,40)(H,47,51)(H,48,54)(H,52,53)(H,55,56)(H,57,58)(H4,41,42,43)(H2,44,46,59)(H2,45,49,60)/t25-,26+,27+,28+/m1/s1. The summed E-state index contributed by atoms with van der Waals surface area (Å²) in [5.74, 6) is -6.39. The van der Waals surface area contributed by atoms with Crippen molar-refractivity contribution in [2.24, 2.45) is 28.1 Å². The highest BCUT2D eigenvalue weighted by Gasteiger charge is 2.30. The lowest BCUT2D eigenvalue weighted by molar-refractivity contribution is -0.142. The highest BCUT2D eigenvalue weighted by molar-refractivity contribution is 7.80. The van der Waals surface area contributed by atoms with Gasteiger partial charge in [-0.15, -0.1) is 0 Å². The van der Waals surface area contributed by atoms with Gasteiger partial charge in [-0.3, -0.25) is 29.6 Å². The van der Waals surface area contributed by atoms with Crippen LogP contribution in [0.3, 0.4) is 0 Å². The number of carbonyl (C=O) groups is 8. The van der Waals surface area contributed by atoms with Gasteiger partial charge in [0.1, 0.15) is 12.1 Å². The normalized spacial score (nSPS) is 12.6. The number of thiol groups is 1. The number of unbranched alkanes of at least 4 members (excludes halogenated alkanes) is 2. The molecule has 6 amide bonds. The molecule has 0 saturated heterocycles. The van der Waals surface area contributed by atoms with E-state index in [1.165, 1.54) is 0 Å². The van der Waals surface area contributed by atoms with Crippen LogP contribution in [0.4, 0.5) is 9.59 Å². The number of nitrogens with one attached hydrogen (secondary N) is 7. The first kappa shape index (κ1) is 52.9. The molecule has 0 aliphatic carbocycles. The number of nitrogens with zero attached hydrogens (tertiary/aromatic N) is 1. The fourth-order valence-corrected chi connectivity index (χ4v) is 5.99. The molecule has 0 heterocycles. The fourth-order valence-electron chi connectivity index (χ4n) is 5.74. The molecule has 0 radical (unpaired) electrons. The highest BCUT2D eigenvalue weighted by atomic mass is 32.1. The Kier molecular flexibility index (Phi) is 26.0. The van der Waals surface area contributed by atoms with Gasteiger partial charge in [0.25, 0.3) is 0 Å². The second-order valence-electron chi connectivity index (χ2n) is 14.2. The number of guanidine groups is 1. The molecule has 0 fully saturated rings. The lowest BCUT2D eigenvalue weighted by Crippen LogP contribution is -2.47. The number of aliphatic carboxylic acids is 3. The number of amides is 6. The summed E-state index contributed by atoms with van der Waals surface area (Å²) in [5.41, 5.74) is 17.6. The van der Waals surface area contributed by atoms with Gasteiger partial charge in [0.15, 0.2) is 11.7 Å². The monoisotopic (exact) mass is 879 g/mol. The Morgan fingerprint density at radius 1 is 0.672 bits per heavy atom. The quantitative estimate of drug-likeness (QED) is 0.0195. The van der Waals surface area contributed by atoms with Crippen LogP contribution < -0.4 is 49.1 Å². The number of ketones is 1. The van der Waals surface area contributed by atoms with E-state index in [0.717, 1.165) is 5.56 Å². The number of hydrogen-bond donors (Lipinski definition) is 14. The third-order valence-electron chi connectivity index (χ3n) is 9.04. The number of Topliss-reactive ketones (excluding diaryl/α,β-unsaturated/α-hetero) is 1. The van der Waals surface area contributed by atoms with Gasteiger partial charge < -0.3 is 64.4 Å². The van der Waals surface area contributed by atoms with Gasteiger partial charge in [0, 0.05) is 57.1 Å². The van der Waals surface area contributed by atoms with E-state index in [1.54, 1.807) is 24.3 Å². The van der Waals surface area contributed by atoms with Gasteiger partial charge in [-0.2, -0.15) is 12.6 Å². The second kappa shape index (κ2) is 30.0. The molecule has 23 heteroatoms. The van der Waals surface area contributed by atoms with Crippen LogP contribution in [0.5, 0.6) is 0 Å². The zero-order valence-corrected chi connectivity index (χ0v) is 35.0. The molecule has 0 saturated carbocycles. The Bertz CT molecular complexity index is 1660. The van der Waals surface area contributed by atoms with Crippen LogP contribution in [-0.4, -0.2) is 118 Å². The zero-order valence-electron chi connectivity index (χ0n) is 34.1. The lowest BCUT2D eigenvalue weighted by Gasteiger charge is -2.23. The van der Waals surface area contributed by atoms with Crippen LogP contribution in [0, 0.1) is 11.3 Å². The Labute approximate surface area is 359 Å². The predicted molar refractivity (Wildman–Crippen MR) is 228 cm³/mol. The molecule has 1 aromatic carbocycles. The van der Waals surface area contributed by atoms with Gasteiger partial charge in [-0.05, 0) is 62.5 Å².